The Hall–Kier alpha value is -1.40. The van der Waals surface area contributed by atoms with Crippen LogP contribution in [-0.4, -0.2) is 6.04 Å². The van der Waals surface area contributed by atoms with Crippen LogP contribution in [0.5, 0.6) is 0 Å². The van der Waals surface area contributed by atoms with E-state index in [1.807, 2.05) is 6.92 Å². The lowest BCUT2D eigenvalue weighted by molar-refractivity contribution is 0.508. The topological polar surface area (TPSA) is 26.0 Å². The molecule has 3 heteroatoms. The van der Waals surface area contributed by atoms with Crippen molar-refractivity contribution in [3.63, 3.8) is 0 Å². The summed E-state index contributed by atoms with van der Waals surface area (Å²) < 4.78 is 25.2. The number of halogens is 2. The standard InChI is InChI=1S/C11H11F2N/c1-2-9(14)5-3-8-4-6-10(12)11(13)7-8/h4,6-7,9H,2,14H2,1H3. The van der Waals surface area contributed by atoms with E-state index in [2.05, 4.69) is 11.8 Å². The Morgan fingerprint density at radius 1 is 1.36 bits per heavy atom. The highest BCUT2D eigenvalue weighted by Gasteiger charge is 2.00. The summed E-state index contributed by atoms with van der Waals surface area (Å²) in [5.41, 5.74) is 5.99. The molecule has 0 heterocycles. The van der Waals surface area contributed by atoms with Gasteiger partial charge in [-0.2, -0.15) is 0 Å². The van der Waals surface area contributed by atoms with Crippen LogP contribution in [0.15, 0.2) is 18.2 Å². The molecule has 0 saturated carbocycles. The second kappa shape index (κ2) is 4.73. The van der Waals surface area contributed by atoms with Crippen LogP contribution in [0.4, 0.5) is 8.78 Å². The van der Waals surface area contributed by atoms with Crippen molar-refractivity contribution in [1.29, 1.82) is 0 Å². The third-order valence-corrected chi connectivity index (χ3v) is 1.76. The first-order valence-corrected chi connectivity index (χ1v) is 4.35. The molecule has 0 aliphatic rings. The van der Waals surface area contributed by atoms with E-state index in [9.17, 15) is 8.78 Å². The first-order valence-electron chi connectivity index (χ1n) is 4.35. The minimum atomic E-state index is -0.887. The maximum absolute atomic E-state index is 12.7. The first kappa shape index (κ1) is 10.7. The van der Waals surface area contributed by atoms with Gasteiger partial charge in [0.25, 0.3) is 0 Å². The molecule has 0 amide bonds. The molecule has 1 aromatic rings. The van der Waals surface area contributed by atoms with Gasteiger partial charge in [0.1, 0.15) is 0 Å². The largest absolute Gasteiger partial charge is 0.318 e. The molecule has 1 nitrogen and oxygen atoms in total. The smallest absolute Gasteiger partial charge is 0.160 e. The van der Waals surface area contributed by atoms with Crippen LogP contribution in [-0.2, 0) is 0 Å². The van der Waals surface area contributed by atoms with Gasteiger partial charge in [0.05, 0.1) is 6.04 Å². The predicted molar refractivity (Wildman–Crippen MR) is 51.5 cm³/mol. The second-order valence-electron chi connectivity index (χ2n) is 2.91. The molecule has 1 atom stereocenters. The van der Waals surface area contributed by atoms with Crippen molar-refractivity contribution in [2.75, 3.05) is 0 Å². The van der Waals surface area contributed by atoms with Gasteiger partial charge in [-0.1, -0.05) is 18.8 Å². The minimum absolute atomic E-state index is 0.219. The minimum Gasteiger partial charge on any atom is -0.318 e. The van der Waals surface area contributed by atoms with Gasteiger partial charge in [0.2, 0.25) is 0 Å². The van der Waals surface area contributed by atoms with Gasteiger partial charge in [-0.3, -0.25) is 0 Å². The molecule has 74 valence electrons. The zero-order valence-electron chi connectivity index (χ0n) is 7.85. The number of hydrogen-bond donors (Lipinski definition) is 1. The molecule has 0 radical (unpaired) electrons. The van der Waals surface area contributed by atoms with Crippen molar-refractivity contribution in [2.45, 2.75) is 19.4 Å². The molecule has 0 aliphatic carbocycles. The Labute approximate surface area is 81.9 Å². The van der Waals surface area contributed by atoms with Crippen LogP contribution in [0.25, 0.3) is 0 Å². The molecule has 0 spiro atoms. The number of rotatable bonds is 1. The average molecular weight is 195 g/mol. The van der Waals surface area contributed by atoms with Gasteiger partial charge in [0, 0.05) is 5.56 Å². The summed E-state index contributed by atoms with van der Waals surface area (Å²) in [6, 6.07) is 3.32. The van der Waals surface area contributed by atoms with Gasteiger partial charge in [-0.25, -0.2) is 8.78 Å². The molecule has 2 N–H and O–H groups in total. The van der Waals surface area contributed by atoms with E-state index in [1.165, 1.54) is 6.07 Å². The van der Waals surface area contributed by atoms with Gasteiger partial charge in [-0.05, 0) is 24.6 Å². The monoisotopic (exact) mass is 195 g/mol. The number of benzene rings is 1. The maximum Gasteiger partial charge on any atom is 0.160 e. The SMILES string of the molecule is CCC(N)C#Cc1ccc(F)c(F)c1. The zero-order valence-corrected chi connectivity index (χ0v) is 7.85. The average Bonchev–Trinajstić information content (AvgIpc) is 2.19. The molecule has 1 rings (SSSR count). The van der Waals surface area contributed by atoms with Gasteiger partial charge < -0.3 is 5.73 Å². The van der Waals surface area contributed by atoms with Gasteiger partial charge in [-0.15, -0.1) is 0 Å². The molecule has 0 aliphatic heterocycles. The molecule has 0 fully saturated rings. The zero-order chi connectivity index (χ0) is 10.6. The normalized spacial score (nSPS) is 11.7. The quantitative estimate of drug-likeness (QED) is 0.682. The fraction of sp³-hybridized carbons (Fsp3) is 0.273. The fourth-order valence-corrected chi connectivity index (χ4v) is 0.852. The fourth-order valence-electron chi connectivity index (χ4n) is 0.852. The second-order valence-corrected chi connectivity index (χ2v) is 2.91. The molecular formula is C11H11F2N. The summed E-state index contributed by atoms with van der Waals surface area (Å²) in [5, 5.41) is 0. The van der Waals surface area contributed by atoms with Gasteiger partial charge >= 0.3 is 0 Å². The van der Waals surface area contributed by atoms with Crippen molar-refractivity contribution < 1.29 is 8.78 Å². The van der Waals surface area contributed by atoms with Crippen LogP contribution < -0.4 is 5.73 Å². The van der Waals surface area contributed by atoms with Crippen LogP contribution in [0, 0.1) is 23.5 Å². The summed E-state index contributed by atoms with van der Waals surface area (Å²) in [6.07, 6.45) is 0.733. The van der Waals surface area contributed by atoms with Gasteiger partial charge in [0.15, 0.2) is 11.6 Å². The Kier molecular flexibility index (Phi) is 3.61. The third-order valence-electron chi connectivity index (χ3n) is 1.76. The Balaban J connectivity index is 2.86. The van der Waals surface area contributed by atoms with Crippen molar-refractivity contribution in [3.8, 4) is 11.8 Å². The summed E-state index contributed by atoms with van der Waals surface area (Å²) in [5.74, 6) is 3.66. The van der Waals surface area contributed by atoms with E-state index < -0.39 is 11.6 Å². The third kappa shape index (κ3) is 2.82. The van der Waals surface area contributed by atoms with E-state index in [0.29, 0.717) is 5.56 Å². The van der Waals surface area contributed by atoms with E-state index in [1.54, 1.807) is 0 Å². The molecule has 0 bridgehead atoms. The highest BCUT2D eigenvalue weighted by molar-refractivity contribution is 5.35. The maximum atomic E-state index is 12.7. The van der Waals surface area contributed by atoms with Crippen LogP contribution in [0.2, 0.25) is 0 Å². The lowest BCUT2D eigenvalue weighted by atomic mass is 10.2. The van der Waals surface area contributed by atoms with Crippen LogP contribution in [0.1, 0.15) is 18.9 Å². The lowest BCUT2D eigenvalue weighted by Gasteiger charge is -1.96. The highest BCUT2D eigenvalue weighted by atomic mass is 19.2. The Bertz CT molecular complexity index is 377. The van der Waals surface area contributed by atoms with Crippen LogP contribution >= 0.6 is 0 Å². The van der Waals surface area contributed by atoms with E-state index >= 15 is 0 Å². The molecular weight excluding hydrogens is 184 g/mol. The summed E-state index contributed by atoms with van der Waals surface area (Å²) >= 11 is 0. The lowest BCUT2D eigenvalue weighted by Crippen LogP contribution is -2.15. The Morgan fingerprint density at radius 2 is 2.07 bits per heavy atom. The molecule has 14 heavy (non-hydrogen) atoms. The number of hydrogen-bond acceptors (Lipinski definition) is 1. The number of nitrogens with two attached hydrogens (primary N) is 1. The molecule has 1 unspecified atom stereocenters. The van der Waals surface area contributed by atoms with Crippen molar-refractivity contribution in [2.24, 2.45) is 5.73 Å². The predicted octanol–water partition coefficient (Wildman–Crippen LogP) is 2.05. The van der Waals surface area contributed by atoms with Crippen molar-refractivity contribution in [3.05, 3.63) is 35.4 Å². The summed E-state index contributed by atoms with van der Waals surface area (Å²) in [7, 11) is 0. The molecule has 0 saturated heterocycles. The molecule has 0 aromatic heterocycles. The first-order chi connectivity index (χ1) is 6.63. The summed E-state index contributed by atoms with van der Waals surface area (Å²) in [4.78, 5) is 0. The van der Waals surface area contributed by atoms with Crippen molar-refractivity contribution in [1.82, 2.24) is 0 Å². The van der Waals surface area contributed by atoms with E-state index in [0.717, 1.165) is 18.6 Å². The van der Waals surface area contributed by atoms with Crippen LogP contribution in [0.3, 0.4) is 0 Å². The molecule has 1 aromatic carbocycles. The Morgan fingerprint density at radius 3 is 2.64 bits per heavy atom. The van der Waals surface area contributed by atoms with E-state index in [-0.39, 0.29) is 6.04 Å². The highest BCUT2D eigenvalue weighted by Crippen LogP contribution is 2.07. The summed E-state index contributed by atoms with van der Waals surface area (Å²) in [6.45, 7) is 1.91. The van der Waals surface area contributed by atoms with Crippen molar-refractivity contribution >= 4 is 0 Å². The van der Waals surface area contributed by atoms with E-state index in [4.69, 9.17) is 5.73 Å².